The van der Waals surface area contributed by atoms with Gasteiger partial charge in [0.15, 0.2) is 6.04 Å². The first-order valence-corrected chi connectivity index (χ1v) is 6.26. The standard InChI is InChI=1S/C14H20N2O4/c1-14(2,3)9-6-4-5-7-10(9)15-13(20)16-11(8-17)12(18)19/h4-7,11,17H,8H2,1-3H3,(H,18,19)(H2,15,16,20). The molecular formula is C14H20N2O4. The van der Waals surface area contributed by atoms with Gasteiger partial charge in [0, 0.05) is 5.69 Å². The van der Waals surface area contributed by atoms with E-state index in [1.807, 2.05) is 32.9 Å². The predicted molar refractivity (Wildman–Crippen MR) is 75.8 cm³/mol. The topological polar surface area (TPSA) is 98.7 Å². The third kappa shape index (κ3) is 4.24. The zero-order valence-electron chi connectivity index (χ0n) is 11.8. The van der Waals surface area contributed by atoms with Crippen LogP contribution in [0.2, 0.25) is 0 Å². The first kappa shape index (κ1) is 16.0. The van der Waals surface area contributed by atoms with Crippen molar-refractivity contribution in [1.82, 2.24) is 5.32 Å². The van der Waals surface area contributed by atoms with E-state index in [1.165, 1.54) is 0 Å². The monoisotopic (exact) mass is 280 g/mol. The molecule has 0 aliphatic heterocycles. The fourth-order valence-electron chi connectivity index (χ4n) is 1.75. The Morgan fingerprint density at radius 3 is 2.35 bits per heavy atom. The number of anilines is 1. The number of carboxylic acids is 1. The lowest BCUT2D eigenvalue weighted by atomic mass is 9.86. The maximum absolute atomic E-state index is 11.8. The van der Waals surface area contributed by atoms with E-state index in [0.717, 1.165) is 5.56 Å². The molecule has 1 atom stereocenters. The molecule has 1 aromatic carbocycles. The van der Waals surface area contributed by atoms with Crippen LogP contribution >= 0.6 is 0 Å². The Hall–Kier alpha value is -2.08. The van der Waals surface area contributed by atoms with Crippen molar-refractivity contribution in [3.63, 3.8) is 0 Å². The minimum absolute atomic E-state index is 0.160. The summed E-state index contributed by atoms with van der Waals surface area (Å²) in [5, 5.41) is 22.4. The molecule has 20 heavy (non-hydrogen) atoms. The Balaban J connectivity index is 2.84. The van der Waals surface area contributed by atoms with Crippen molar-refractivity contribution in [3.05, 3.63) is 29.8 Å². The molecule has 0 fully saturated rings. The predicted octanol–water partition coefficient (Wildman–Crippen LogP) is 1.55. The quantitative estimate of drug-likeness (QED) is 0.672. The summed E-state index contributed by atoms with van der Waals surface area (Å²) in [5.74, 6) is -1.29. The van der Waals surface area contributed by atoms with Gasteiger partial charge in [-0.05, 0) is 17.0 Å². The number of carbonyl (C=O) groups is 2. The number of hydrogen-bond donors (Lipinski definition) is 4. The zero-order valence-corrected chi connectivity index (χ0v) is 11.8. The fourth-order valence-corrected chi connectivity index (χ4v) is 1.75. The molecular weight excluding hydrogens is 260 g/mol. The van der Waals surface area contributed by atoms with Crippen molar-refractivity contribution in [2.45, 2.75) is 32.2 Å². The summed E-state index contributed by atoms with van der Waals surface area (Å²) in [6.07, 6.45) is 0. The van der Waals surface area contributed by atoms with Gasteiger partial charge in [-0.3, -0.25) is 0 Å². The summed E-state index contributed by atoms with van der Waals surface area (Å²) in [6, 6.07) is 5.31. The lowest BCUT2D eigenvalue weighted by Gasteiger charge is -2.23. The summed E-state index contributed by atoms with van der Waals surface area (Å²) >= 11 is 0. The number of para-hydroxylation sites is 1. The van der Waals surface area contributed by atoms with Gasteiger partial charge in [-0.25, -0.2) is 9.59 Å². The number of aliphatic carboxylic acids is 1. The highest BCUT2D eigenvalue weighted by Crippen LogP contribution is 2.29. The fraction of sp³-hybridized carbons (Fsp3) is 0.429. The molecule has 0 saturated heterocycles. The number of carboxylic acid groups (broad SMARTS) is 1. The summed E-state index contributed by atoms with van der Waals surface area (Å²) in [5.41, 5.74) is 1.39. The third-order valence-corrected chi connectivity index (χ3v) is 2.77. The number of carbonyl (C=O) groups excluding carboxylic acids is 1. The lowest BCUT2D eigenvalue weighted by molar-refractivity contribution is -0.140. The molecule has 0 spiro atoms. The van der Waals surface area contributed by atoms with E-state index < -0.39 is 24.6 Å². The average Bonchev–Trinajstić information content (AvgIpc) is 2.35. The average molecular weight is 280 g/mol. The summed E-state index contributed by atoms with van der Waals surface area (Å²) in [6.45, 7) is 5.38. The highest BCUT2D eigenvalue weighted by Gasteiger charge is 2.21. The van der Waals surface area contributed by atoms with E-state index in [-0.39, 0.29) is 5.41 Å². The number of urea groups is 1. The van der Waals surface area contributed by atoms with Crippen molar-refractivity contribution >= 4 is 17.7 Å². The van der Waals surface area contributed by atoms with Crippen LogP contribution in [0.25, 0.3) is 0 Å². The molecule has 1 unspecified atom stereocenters. The Kier molecular flexibility index (Phi) is 5.10. The van der Waals surface area contributed by atoms with Crippen LogP contribution in [0.1, 0.15) is 26.3 Å². The number of aliphatic hydroxyl groups excluding tert-OH is 1. The van der Waals surface area contributed by atoms with E-state index in [4.69, 9.17) is 10.2 Å². The van der Waals surface area contributed by atoms with Crippen molar-refractivity contribution in [2.24, 2.45) is 0 Å². The van der Waals surface area contributed by atoms with E-state index in [9.17, 15) is 9.59 Å². The smallest absolute Gasteiger partial charge is 0.328 e. The van der Waals surface area contributed by atoms with Gasteiger partial charge in [0.05, 0.1) is 6.61 Å². The van der Waals surface area contributed by atoms with Gasteiger partial charge in [-0.15, -0.1) is 0 Å². The maximum Gasteiger partial charge on any atom is 0.328 e. The van der Waals surface area contributed by atoms with Crippen LogP contribution in [0.5, 0.6) is 0 Å². The molecule has 0 aliphatic carbocycles. The Morgan fingerprint density at radius 1 is 1.25 bits per heavy atom. The maximum atomic E-state index is 11.8. The number of amides is 2. The van der Waals surface area contributed by atoms with Crippen molar-refractivity contribution < 1.29 is 19.8 Å². The van der Waals surface area contributed by atoms with Crippen LogP contribution in [0.15, 0.2) is 24.3 Å². The van der Waals surface area contributed by atoms with Gasteiger partial charge in [0.2, 0.25) is 0 Å². The Bertz CT molecular complexity index is 494. The molecule has 0 saturated carbocycles. The minimum Gasteiger partial charge on any atom is -0.480 e. The van der Waals surface area contributed by atoms with Gasteiger partial charge in [0.1, 0.15) is 0 Å². The number of rotatable bonds is 4. The van der Waals surface area contributed by atoms with Crippen molar-refractivity contribution in [3.8, 4) is 0 Å². The second kappa shape index (κ2) is 6.38. The third-order valence-electron chi connectivity index (χ3n) is 2.77. The van der Waals surface area contributed by atoms with Crippen LogP contribution in [-0.4, -0.2) is 34.9 Å². The van der Waals surface area contributed by atoms with E-state index in [0.29, 0.717) is 5.69 Å². The van der Waals surface area contributed by atoms with Crippen LogP contribution in [0.3, 0.4) is 0 Å². The molecule has 0 aromatic heterocycles. The molecule has 0 aliphatic rings. The van der Waals surface area contributed by atoms with Gasteiger partial charge in [-0.2, -0.15) is 0 Å². The molecule has 0 heterocycles. The normalized spacial score (nSPS) is 12.6. The second-order valence-electron chi connectivity index (χ2n) is 5.47. The van der Waals surface area contributed by atoms with Crippen LogP contribution in [-0.2, 0) is 10.2 Å². The van der Waals surface area contributed by atoms with Crippen molar-refractivity contribution in [2.75, 3.05) is 11.9 Å². The largest absolute Gasteiger partial charge is 0.480 e. The van der Waals surface area contributed by atoms with Crippen molar-refractivity contribution in [1.29, 1.82) is 0 Å². The lowest BCUT2D eigenvalue weighted by Crippen LogP contribution is -2.45. The number of aliphatic hydroxyl groups is 1. The molecule has 0 radical (unpaired) electrons. The highest BCUT2D eigenvalue weighted by atomic mass is 16.4. The molecule has 1 rings (SSSR count). The van der Waals surface area contributed by atoms with E-state index in [1.54, 1.807) is 12.1 Å². The van der Waals surface area contributed by atoms with Gasteiger partial charge in [0.25, 0.3) is 0 Å². The zero-order chi connectivity index (χ0) is 15.3. The minimum atomic E-state index is -1.32. The SMILES string of the molecule is CC(C)(C)c1ccccc1NC(=O)NC(CO)C(=O)O. The first-order valence-electron chi connectivity index (χ1n) is 6.26. The number of hydrogen-bond acceptors (Lipinski definition) is 3. The Morgan fingerprint density at radius 2 is 1.85 bits per heavy atom. The van der Waals surface area contributed by atoms with Crippen LogP contribution < -0.4 is 10.6 Å². The molecule has 4 N–H and O–H groups in total. The van der Waals surface area contributed by atoms with Gasteiger partial charge < -0.3 is 20.8 Å². The van der Waals surface area contributed by atoms with Crippen LogP contribution in [0.4, 0.5) is 10.5 Å². The number of benzene rings is 1. The molecule has 2 amide bonds. The first-order chi connectivity index (χ1) is 9.25. The van der Waals surface area contributed by atoms with Gasteiger partial charge >= 0.3 is 12.0 Å². The van der Waals surface area contributed by atoms with E-state index >= 15 is 0 Å². The second-order valence-corrected chi connectivity index (χ2v) is 5.47. The summed E-state index contributed by atoms with van der Waals surface area (Å²) < 4.78 is 0. The summed E-state index contributed by atoms with van der Waals surface area (Å²) in [7, 11) is 0. The molecule has 0 bridgehead atoms. The van der Waals surface area contributed by atoms with Crippen LogP contribution in [0, 0.1) is 0 Å². The van der Waals surface area contributed by atoms with E-state index in [2.05, 4.69) is 10.6 Å². The molecule has 110 valence electrons. The molecule has 6 heteroatoms. The Labute approximate surface area is 117 Å². The number of nitrogens with one attached hydrogen (secondary N) is 2. The molecule has 1 aromatic rings. The highest BCUT2D eigenvalue weighted by molar-refractivity contribution is 5.93. The summed E-state index contributed by atoms with van der Waals surface area (Å²) in [4.78, 5) is 22.5. The molecule has 6 nitrogen and oxygen atoms in total. The van der Waals surface area contributed by atoms with Gasteiger partial charge in [-0.1, -0.05) is 39.0 Å².